The van der Waals surface area contributed by atoms with Crippen LogP contribution in [0, 0.1) is 17.8 Å². The van der Waals surface area contributed by atoms with Gasteiger partial charge in [-0.05, 0) is 26.0 Å². The maximum Gasteiger partial charge on any atom is 0.199 e. The Morgan fingerprint density at radius 1 is 1.21 bits per heavy atom. The van der Waals surface area contributed by atoms with Crippen LogP contribution in [0.3, 0.4) is 0 Å². The summed E-state index contributed by atoms with van der Waals surface area (Å²) < 4.78 is 12.1. The smallest absolute Gasteiger partial charge is 0.199 e. The van der Waals surface area contributed by atoms with E-state index in [4.69, 9.17) is 9.47 Å². The van der Waals surface area contributed by atoms with Crippen LogP contribution in [-0.4, -0.2) is 34.8 Å². The number of rotatable bonds is 5. The van der Waals surface area contributed by atoms with E-state index in [1.54, 1.807) is 0 Å². The van der Waals surface area contributed by atoms with Gasteiger partial charge in [0.1, 0.15) is 0 Å². The molecule has 5 atom stereocenters. The molecule has 0 aliphatic carbocycles. The number of ether oxygens (including phenoxy) is 2. The van der Waals surface area contributed by atoms with Gasteiger partial charge in [-0.1, -0.05) is 50.7 Å². The third-order valence-corrected chi connectivity index (χ3v) is 5.63. The third-order valence-electron chi connectivity index (χ3n) is 4.55. The summed E-state index contributed by atoms with van der Waals surface area (Å²) in [4.78, 5) is 13.6. The second kappa shape index (κ2) is 8.00. The first-order valence-electron chi connectivity index (χ1n) is 8.48. The second-order valence-corrected chi connectivity index (χ2v) is 8.18. The van der Waals surface area contributed by atoms with Gasteiger partial charge in [0, 0.05) is 23.3 Å². The summed E-state index contributed by atoms with van der Waals surface area (Å²) in [7, 11) is 0. The third kappa shape index (κ3) is 4.60. The highest BCUT2D eigenvalue weighted by Gasteiger charge is 2.46. The Labute approximate surface area is 148 Å². The van der Waals surface area contributed by atoms with Crippen molar-refractivity contribution >= 4 is 16.9 Å². The van der Waals surface area contributed by atoms with Crippen molar-refractivity contribution < 1.29 is 19.4 Å². The van der Waals surface area contributed by atoms with E-state index in [0.717, 1.165) is 4.90 Å². The van der Waals surface area contributed by atoms with E-state index in [1.807, 2.05) is 65.0 Å². The molecule has 1 saturated heterocycles. The van der Waals surface area contributed by atoms with Crippen molar-refractivity contribution in [2.24, 2.45) is 17.8 Å². The average Bonchev–Trinajstić information content (AvgIpc) is 2.56. The number of benzene rings is 1. The maximum absolute atomic E-state index is 12.7. The van der Waals surface area contributed by atoms with Crippen LogP contribution in [0.25, 0.3) is 0 Å². The number of carbonyl (C=O) groups is 1. The Kier molecular flexibility index (Phi) is 6.48. The van der Waals surface area contributed by atoms with Crippen LogP contribution in [0.5, 0.6) is 0 Å². The first-order valence-corrected chi connectivity index (χ1v) is 9.30. The number of aliphatic hydroxyl groups excluding tert-OH is 1. The zero-order valence-electron chi connectivity index (χ0n) is 15.1. The van der Waals surface area contributed by atoms with Crippen molar-refractivity contribution in [1.29, 1.82) is 0 Å². The highest BCUT2D eigenvalue weighted by Crippen LogP contribution is 2.39. The summed E-state index contributed by atoms with van der Waals surface area (Å²) in [5, 5.41) is 9.60. The summed E-state index contributed by atoms with van der Waals surface area (Å²) in [6.07, 6.45) is -0.378. The van der Waals surface area contributed by atoms with Gasteiger partial charge in [0.15, 0.2) is 10.9 Å². The largest absolute Gasteiger partial charge is 0.396 e. The van der Waals surface area contributed by atoms with E-state index in [9.17, 15) is 9.90 Å². The topological polar surface area (TPSA) is 55.8 Å². The number of thioether (sulfide) groups is 1. The SMILES string of the molecule is C[C@@H]1[C@H]([C@H](C)CO)OC(C)(C)O[C@H]1[C@H](C)C(=O)Sc1ccccc1. The maximum atomic E-state index is 12.7. The van der Waals surface area contributed by atoms with Crippen LogP contribution in [0.2, 0.25) is 0 Å². The molecule has 1 N–H and O–H groups in total. The Morgan fingerprint density at radius 2 is 1.79 bits per heavy atom. The van der Waals surface area contributed by atoms with E-state index in [1.165, 1.54) is 11.8 Å². The van der Waals surface area contributed by atoms with E-state index < -0.39 is 5.79 Å². The molecule has 0 unspecified atom stereocenters. The van der Waals surface area contributed by atoms with Crippen molar-refractivity contribution in [3.8, 4) is 0 Å². The minimum Gasteiger partial charge on any atom is -0.396 e. The molecular weight excluding hydrogens is 324 g/mol. The van der Waals surface area contributed by atoms with Gasteiger partial charge >= 0.3 is 0 Å². The minimum atomic E-state index is -0.767. The van der Waals surface area contributed by atoms with Crippen molar-refractivity contribution in [3.05, 3.63) is 30.3 Å². The average molecular weight is 352 g/mol. The summed E-state index contributed by atoms with van der Waals surface area (Å²) in [5.41, 5.74) is 0. The first kappa shape index (κ1) is 19.4. The molecule has 1 aliphatic rings. The lowest BCUT2D eigenvalue weighted by molar-refractivity contribution is -0.332. The molecule has 24 heavy (non-hydrogen) atoms. The minimum absolute atomic E-state index is 0.00486. The highest BCUT2D eigenvalue weighted by atomic mass is 32.2. The lowest BCUT2D eigenvalue weighted by Gasteiger charge is -2.48. The lowest BCUT2D eigenvalue weighted by atomic mass is 9.83. The van der Waals surface area contributed by atoms with Gasteiger partial charge in [0.25, 0.3) is 0 Å². The van der Waals surface area contributed by atoms with E-state index in [2.05, 4.69) is 0 Å². The Bertz CT molecular complexity index is 546. The predicted molar refractivity (Wildman–Crippen MR) is 95.7 cm³/mol. The number of aliphatic hydroxyl groups is 1. The molecule has 0 amide bonds. The summed E-state index contributed by atoms with van der Waals surface area (Å²) in [6, 6.07) is 9.66. The van der Waals surface area contributed by atoms with Crippen molar-refractivity contribution in [3.63, 3.8) is 0 Å². The Hall–Kier alpha value is -0.880. The van der Waals surface area contributed by atoms with Crippen molar-refractivity contribution in [2.75, 3.05) is 6.61 Å². The summed E-state index contributed by atoms with van der Waals surface area (Å²) in [5.74, 6) is -1.01. The molecule has 134 valence electrons. The van der Waals surface area contributed by atoms with Crippen LogP contribution in [0.15, 0.2) is 35.2 Å². The number of carbonyl (C=O) groups excluding carboxylic acids is 1. The molecule has 0 aromatic heterocycles. The molecule has 0 radical (unpaired) electrons. The van der Waals surface area contributed by atoms with Crippen molar-refractivity contribution in [1.82, 2.24) is 0 Å². The fourth-order valence-corrected chi connectivity index (χ4v) is 4.06. The number of hydrogen-bond donors (Lipinski definition) is 1. The number of hydrogen-bond acceptors (Lipinski definition) is 5. The lowest BCUT2D eigenvalue weighted by Crippen LogP contribution is -2.55. The molecule has 0 bridgehead atoms. The van der Waals surface area contributed by atoms with Gasteiger partial charge in [-0.2, -0.15) is 0 Å². The van der Waals surface area contributed by atoms with Gasteiger partial charge in [0.05, 0.1) is 18.1 Å². The molecule has 1 aliphatic heterocycles. The van der Waals surface area contributed by atoms with E-state index >= 15 is 0 Å². The zero-order valence-corrected chi connectivity index (χ0v) is 15.9. The van der Waals surface area contributed by atoms with Crippen LogP contribution in [0.4, 0.5) is 0 Å². The van der Waals surface area contributed by atoms with Crippen molar-refractivity contribution in [2.45, 2.75) is 57.5 Å². The van der Waals surface area contributed by atoms with Crippen LogP contribution in [-0.2, 0) is 14.3 Å². The van der Waals surface area contributed by atoms with E-state index in [-0.39, 0.29) is 41.7 Å². The van der Waals surface area contributed by atoms with Crippen LogP contribution < -0.4 is 0 Å². The molecule has 4 nitrogen and oxygen atoms in total. The molecular formula is C19H28O4S. The standard InChI is InChI=1S/C19H28O4S/c1-12(11-20)16-13(2)17(23-19(4,5)22-16)14(3)18(21)24-15-9-7-6-8-10-15/h6-10,12-14,16-17,20H,11H2,1-5H3/t12-,13-,14+,16+,17-/m1/s1. The fraction of sp³-hybridized carbons (Fsp3) is 0.632. The molecule has 0 saturated carbocycles. The van der Waals surface area contributed by atoms with Gasteiger partial charge in [-0.25, -0.2) is 0 Å². The van der Waals surface area contributed by atoms with E-state index in [0.29, 0.717) is 0 Å². The molecule has 5 heteroatoms. The van der Waals surface area contributed by atoms with Crippen LogP contribution >= 0.6 is 11.8 Å². The van der Waals surface area contributed by atoms with Gasteiger partial charge in [0.2, 0.25) is 0 Å². The molecule has 1 aromatic carbocycles. The molecule has 1 heterocycles. The summed E-state index contributed by atoms with van der Waals surface area (Å²) in [6.45, 7) is 9.70. The first-order chi connectivity index (χ1) is 11.2. The molecule has 2 rings (SSSR count). The van der Waals surface area contributed by atoms with Crippen LogP contribution in [0.1, 0.15) is 34.6 Å². The zero-order chi connectivity index (χ0) is 17.9. The molecule has 0 spiro atoms. The van der Waals surface area contributed by atoms with Gasteiger partial charge in [-0.15, -0.1) is 0 Å². The quantitative estimate of drug-likeness (QED) is 0.819. The van der Waals surface area contributed by atoms with Gasteiger partial charge in [-0.3, -0.25) is 4.79 Å². The summed E-state index contributed by atoms with van der Waals surface area (Å²) >= 11 is 1.25. The fourth-order valence-electron chi connectivity index (χ4n) is 3.21. The Morgan fingerprint density at radius 3 is 2.38 bits per heavy atom. The van der Waals surface area contributed by atoms with Gasteiger partial charge < -0.3 is 14.6 Å². The Balaban J connectivity index is 2.13. The highest BCUT2D eigenvalue weighted by molar-refractivity contribution is 8.13. The monoisotopic (exact) mass is 352 g/mol. The molecule has 1 fully saturated rings. The molecule has 1 aromatic rings. The second-order valence-electron chi connectivity index (χ2n) is 7.11. The predicted octanol–water partition coefficient (Wildman–Crippen LogP) is 3.73. The normalized spacial score (nSPS) is 29.0.